The lowest BCUT2D eigenvalue weighted by molar-refractivity contribution is 0.419. The SMILES string of the molecule is CCN(CC)c1cc(=O)c2c(cc(OC)c3ccccc32)o1. The zero-order chi connectivity index (χ0) is 15.7. The van der Waals surface area contributed by atoms with Crippen LogP contribution in [0.15, 0.2) is 45.6 Å². The molecule has 0 saturated heterocycles. The molecule has 4 nitrogen and oxygen atoms in total. The first-order valence-corrected chi connectivity index (χ1v) is 7.48. The van der Waals surface area contributed by atoms with E-state index in [-0.39, 0.29) is 5.43 Å². The molecule has 0 amide bonds. The van der Waals surface area contributed by atoms with E-state index in [1.807, 2.05) is 43.0 Å². The average molecular weight is 297 g/mol. The Hall–Kier alpha value is -2.49. The quantitative estimate of drug-likeness (QED) is 0.687. The molecule has 0 bridgehead atoms. The summed E-state index contributed by atoms with van der Waals surface area (Å²) in [6, 6.07) is 11.1. The molecule has 114 valence electrons. The standard InChI is InChI=1S/C18H19NO3/c1-4-19(5-2)17-10-14(20)18-13-9-7-6-8-12(13)15(21-3)11-16(18)22-17/h6-11H,4-5H2,1-3H3. The van der Waals surface area contributed by atoms with Crippen LogP contribution in [0, 0.1) is 0 Å². The lowest BCUT2D eigenvalue weighted by atomic mass is 10.0. The molecule has 1 heterocycles. The summed E-state index contributed by atoms with van der Waals surface area (Å²) < 4.78 is 11.4. The molecular weight excluding hydrogens is 278 g/mol. The Balaban J connectivity index is 2.40. The third-order valence-corrected chi connectivity index (χ3v) is 3.98. The molecule has 0 aliphatic carbocycles. The van der Waals surface area contributed by atoms with Crippen molar-refractivity contribution in [1.29, 1.82) is 0 Å². The lowest BCUT2D eigenvalue weighted by Gasteiger charge is -2.19. The second-order valence-corrected chi connectivity index (χ2v) is 5.12. The third kappa shape index (κ3) is 2.21. The van der Waals surface area contributed by atoms with Crippen LogP contribution < -0.4 is 15.1 Å². The van der Waals surface area contributed by atoms with Crippen molar-refractivity contribution in [3.05, 3.63) is 46.6 Å². The predicted molar refractivity (Wildman–Crippen MR) is 90.1 cm³/mol. The van der Waals surface area contributed by atoms with Crippen molar-refractivity contribution in [2.45, 2.75) is 13.8 Å². The Kier molecular flexibility index (Phi) is 3.75. The number of fused-ring (bicyclic) bond motifs is 3. The number of hydrogen-bond donors (Lipinski definition) is 0. The summed E-state index contributed by atoms with van der Waals surface area (Å²) >= 11 is 0. The second-order valence-electron chi connectivity index (χ2n) is 5.12. The van der Waals surface area contributed by atoms with Gasteiger partial charge in [0.2, 0.25) is 0 Å². The molecule has 0 spiro atoms. The first-order valence-electron chi connectivity index (χ1n) is 7.48. The molecule has 1 aromatic heterocycles. The molecule has 0 aliphatic rings. The first-order chi connectivity index (χ1) is 10.7. The van der Waals surface area contributed by atoms with E-state index in [1.54, 1.807) is 19.2 Å². The van der Waals surface area contributed by atoms with Crippen molar-refractivity contribution >= 4 is 27.6 Å². The Morgan fingerprint density at radius 3 is 2.41 bits per heavy atom. The highest BCUT2D eigenvalue weighted by atomic mass is 16.5. The molecule has 4 heteroatoms. The van der Waals surface area contributed by atoms with Crippen LogP contribution >= 0.6 is 0 Å². The van der Waals surface area contributed by atoms with Gasteiger partial charge in [-0.2, -0.15) is 0 Å². The van der Waals surface area contributed by atoms with E-state index < -0.39 is 0 Å². The molecule has 3 rings (SSSR count). The van der Waals surface area contributed by atoms with Gasteiger partial charge in [-0.3, -0.25) is 4.79 Å². The maximum Gasteiger partial charge on any atom is 0.199 e. The van der Waals surface area contributed by atoms with Gasteiger partial charge in [-0.25, -0.2) is 0 Å². The summed E-state index contributed by atoms with van der Waals surface area (Å²) in [5.74, 6) is 1.31. The van der Waals surface area contributed by atoms with Crippen LogP contribution in [0.5, 0.6) is 5.75 Å². The number of anilines is 1. The summed E-state index contributed by atoms with van der Waals surface area (Å²) in [5.41, 5.74) is 0.534. The molecular formula is C18H19NO3. The fourth-order valence-corrected chi connectivity index (χ4v) is 2.84. The first kappa shape index (κ1) is 14.4. The van der Waals surface area contributed by atoms with Gasteiger partial charge in [0.1, 0.15) is 11.3 Å². The van der Waals surface area contributed by atoms with Crippen LogP contribution in [0.4, 0.5) is 5.88 Å². The smallest absolute Gasteiger partial charge is 0.199 e. The van der Waals surface area contributed by atoms with Crippen LogP contribution in [0.25, 0.3) is 21.7 Å². The van der Waals surface area contributed by atoms with Gasteiger partial charge >= 0.3 is 0 Å². The molecule has 0 unspecified atom stereocenters. The largest absolute Gasteiger partial charge is 0.496 e. The van der Waals surface area contributed by atoms with Gasteiger partial charge in [0.05, 0.1) is 12.5 Å². The minimum absolute atomic E-state index is 0.0259. The minimum Gasteiger partial charge on any atom is -0.496 e. The van der Waals surface area contributed by atoms with Gasteiger partial charge in [0.25, 0.3) is 0 Å². The molecule has 0 fully saturated rings. The van der Waals surface area contributed by atoms with E-state index in [0.717, 1.165) is 23.9 Å². The van der Waals surface area contributed by atoms with Crippen LogP contribution in [-0.2, 0) is 0 Å². The van der Waals surface area contributed by atoms with E-state index >= 15 is 0 Å². The number of rotatable bonds is 4. The molecule has 0 atom stereocenters. The van der Waals surface area contributed by atoms with E-state index in [0.29, 0.717) is 22.6 Å². The van der Waals surface area contributed by atoms with Crippen molar-refractivity contribution in [3.8, 4) is 5.75 Å². The highest BCUT2D eigenvalue weighted by Crippen LogP contribution is 2.33. The van der Waals surface area contributed by atoms with Gasteiger partial charge in [-0.05, 0) is 13.8 Å². The number of ether oxygens (including phenoxy) is 1. The van der Waals surface area contributed by atoms with Crippen molar-refractivity contribution in [3.63, 3.8) is 0 Å². The molecule has 0 saturated carbocycles. The fourth-order valence-electron chi connectivity index (χ4n) is 2.84. The van der Waals surface area contributed by atoms with Crippen molar-refractivity contribution in [2.75, 3.05) is 25.1 Å². The number of benzene rings is 2. The summed E-state index contributed by atoms with van der Waals surface area (Å²) in [4.78, 5) is 14.6. The van der Waals surface area contributed by atoms with Crippen molar-refractivity contribution < 1.29 is 9.15 Å². The van der Waals surface area contributed by atoms with Crippen LogP contribution in [0.1, 0.15) is 13.8 Å². The van der Waals surface area contributed by atoms with E-state index in [4.69, 9.17) is 9.15 Å². The van der Waals surface area contributed by atoms with Crippen LogP contribution in [0.3, 0.4) is 0 Å². The average Bonchev–Trinajstić information content (AvgIpc) is 2.54. The molecule has 22 heavy (non-hydrogen) atoms. The number of hydrogen-bond acceptors (Lipinski definition) is 4. The second kappa shape index (κ2) is 5.72. The van der Waals surface area contributed by atoms with Gasteiger partial charge in [-0.15, -0.1) is 0 Å². The Morgan fingerprint density at radius 2 is 1.77 bits per heavy atom. The normalized spacial score (nSPS) is 11.0. The monoisotopic (exact) mass is 297 g/mol. The molecule has 0 N–H and O–H groups in total. The van der Waals surface area contributed by atoms with E-state index in [9.17, 15) is 4.79 Å². The molecule has 0 aliphatic heterocycles. The van der Waals surface area contributed by atoms with Gasteiger partial charge in [-0.1, -0.05) is 24.3 Å². The summed E-state index contributed by atoms with van der Waals surface area (Å²) in [6.45, 7) is 5.65. The Labute approximate surface area is 128 Å². The highest BCUT2D eigenvalue weighted by molar-refractivity contribution is 6.08. The van der Waals surface area contributed by atoms with Gasteiger partial charge in [0.15, 0.2) is 11.3 Å². The van der Waals surface area contributed by atoms with Gasteiger partial charge < -0.3 is 14.1 Å². The van der Waals surface area contributed by atoms with Crippen molar-refractivity contribution in [2.24, 2.45) is 0 Å². The molecule has 0 radical (unpaired) electrons. The Morgan fingerprint density at radius 1 is 1.09 bits per heavy atom. The predicted octanol–water partition coefficient (Wildman–Crippen LogP) is 3.80. The highest BCUT2D eigenvalue weighted by Gasteiger charge is 2.14. The zero-order valence-corrected chi connectivity index (χ0v) is 13.1. The summed E-state index contributed by atoms with van der Waals surface area (Å²) in [7, 11) is 1.62. The van der Waals surface area contributed by atoms with Crippen LogP contribution in [-0.4, -0.2) is 20.2 Å². The fraction of sp³-hybridized carbons (Fsp3) is 0.278. The Bertz CT molecular complexity index is 879. The summed E-state index contributed by atoms with van der Waals surface area (Å²) in [6.07, 6.45) is 0. The topological polar surface area (TPSA) is 42.7 Å². The zero-order valence-electron chi connectivity index (χ0n) is 13.1. The third-order valence-electron chi connectivity index (χ3n) is 3.98. The number of nitrogens with zero attached hydrogens (tertiary/aromatic N) is 1. The maximum absolute atomic E-state index is 12.6. The van der Waals surface area contributed by atoms with Crippen LogP contribution in [0.2, 0.25) is 0 Å². The van der Waals surface area contributed by atoms with Gasteiger partial charge in [0, 0.05) is 36.0 Å². The molecule has 2 aromatic carbocycles. The van der Waals surface area contributed by atoms with E-state index in [2.05, 4.69) is 0 Å². The molecule has 3 aromatic rings. The number of methoxy groups -OCH3 is 1. The minimum atomic E-state index is -0.0259. The van der Waals surface area contributed by atoms with E-state index in [1.165, 1.54) is 0 Å². The van der Waals surface area contributed by atoms with Crippen molar-refractivity contribution in [1.82, 2.24) is 0 Å². The maximum atomic E-state index is 12.6. The lowest BCUT2D eigenvalue weighted by Crippen LogP contribution is -2.23. The summed E-state index contributed by atoms with van der Waals surface area (Å²) in [5, 5.41) is 2.38.